The molecular weight excluding hydrogens is 1080 g/mol. The minimum atomic E-state index is -1.51. The number of hydrogen-bond donors (Lipinski definition) is 1. The van der Waals surface area contributed by atoms with Gasteiger partial charge in [0.15, 0.2) is 6.10 Å². The lowest BCUT2D eigenvalue weighted by Crippen LogP contribution is -2.40. The minimum Gasteiger partial charge on any atom is -0.477 e. The summed E-state index contributed by atoms with van der Waals surface area (Å²) < 4.78 is 23.0. The number of ether oxygens (including phenoxy) is 4. The third-order valence-corrected chi connectivity index (χ3v) is 15.5. The van der Waals surface area contributed by atoms with Gasteiger partial charge in [-0.3, -0.25) is 9.59 Å². The molecule has 2 unspecified atom stereocenters. The van der Waals surface area contributed by atoms with Crippen LogP contribution >= 0.6 is 0 Å². The summed E-state index contributed by atoms with van der Waals surface area (Å²) in [6, 6.07) is 0. The number of unbranched alkanes of at least 4 members (excludes halogenated alkanes) is 33. The molecule has 0 heterocycles. The molecule has 0 bridgehead atoms. The highest BCUT2D eigenvalue weighted by molar-refractivity contribution is 5.71. The zero-order valence-electron chi connectivity index (χ0n) is 57.2. The normalized spacial score (nSPS) is 13.3. The average Bonchev–Trinajstić information content (AvgIpc) is 3.59. The average molecular weight is 1220 g/mol. The Kier molecular flexibility index (Phi) is 64.7. The summed E-state index contributed by atoms with van der Waals surface area (Å²) in [6.07, 6.45) is 92.1. The number of esters is 2. The van der Waals surface area contributed by atoms with Crippen molar-refractivity contribution in [3.05, 3.63) is 109 Å². The van der Waals surface area contributed by atoms with Crippen LogP contribution in [0.3, 0.4) is 0 Å². The highest BCUT2D eigenvalue weighted by Crippen LogP contribution is 2.17. The van der Waals surface area contributed by atoms with E-state index in [4.69, 9.17) is 18.9 Å². The lowest BCUT2D eigenvalue weighted by molar-refractivity contribution is -0.870. The van der Waals surface area contributed by atoms with Crippen molar-refractivity contribution in [2.75, 3.05) is 47.5 Å². The standard InChI is InChI=1S/C78H135NO8/c1-6-8-10-12-14-16-18-20-22-24-26-28-29-30-31-32-33-34-35-36-37-38-39-40-41-42-43-44-45-46-47-49-51-53-55-57-59-61-63-65-67-69-76(81)87-74(73-86-78(77(82)83)84-71-70-79(3,4)5)72-85-75(80)68-66-64-62-60-58-56-54-52-50-48-27-25-23-21-19-17-15-13-11-9-7-2/h8,10,14,16,20,22,25-28,30-31,33-34,36-37,39-40,74,78H,6-7,9,11-13,15,17-19,21,23-24,29,32,35,38,41-73H2,1-5H3/p+1/b10-8-,16-14-,22-20-,27-25-,28-26-,31-30-,34-33-,37-36-,40-39-. The van der Waals surface area contributed by atoms with Crippen molar-refractivity contribution in [1.82, 2.24) is 0 Å². The van der Waals surface area contributed by atoms with Gasteiger partial charge in [-0.1, -0.05) is 303 Å². The Labute approximate surface area is 536 Å². The molecule has 0 aliphatic rings. The molecule has 0 aromatic rings. The molecule has 2 atom stereocenters. The van der Waals surface area contributed by atoms with E-state index >= 15 is 0 Å². The van der Waals surface area contributed by atoms with Gasteiger partial charge in [0.05, 0.1) is 34.4 Å². The predicted octanol–water partition coefficient (Wildman–Crippen LogP) is 22.6. The van der Waals surface area contributed by atoms with Crippen LogP contribution in [0.2, 0.25) is 0 Å². The van der Waals surface area contributed by atoms with Gasteiger partial charge in [-0.05, 0) is 103 Å². The zero-order chi connectivity index (χ0) is 63.3. The number of allylic oxidation sites excluding steroid dienone is 18. The lowest BCUT2D eigenvalue weighted by atomic mass is 10.0. The molecule has 0 aliphatic heterocycles. The van der Waals surface area contributed by atoms with E-state index in [9.17, 15) is 19.5 Å². The molecule has 500 valence electrons. The second-order valence-electron chi connectivity index (χ2n) is 25.2. The fourth-order valence-corrected chi connectivity index (χ4v) is 10.0. The molecule has 0 spiro atoms. The molecule has 87 heavy (non-hydrogen) atoms. The molecule has 9 nitrogen and oxygen atoms in total. The Bertz CT molecular complexity index is 1800. The Morgan fingerprint density at radius 1 is 0.356 bits per heavy atom. The van der Waals surface area contributed by atoms with Crippen LogP contribution in [0.25, 0.3) is 0 Å². The number of hydrogen-bond acceptors (Lipinski definition) is 7. The Morgan fingerprint density at radius 3 is 0.989 bits per heavy atom. The number of rotatable bonds is 66. The van der Waals surface area contributed by atoms with Gasteiger partial charge in [-0.2, -0.15) is 0 Å². The first kappa shape index (κ1) is 83.0. The summed E-state index contributed by atoms with van der Waals surface area (Å²) in [7, 11) is 5.98. The molecule has 0 fully saturated rings. The first-order valence-electron chi connectivity index (χ1n) is 36.1. The lowest BCUT2D eigenvalue weighted by Gasteiger charge is -2.25. The van der Waals surface area contributed by atoms with Gasteiger partial charge < -0.3 is 28.5 Å². The maximum Gasteiger partial charge on any atom is 0.361 e. The molecule has 1 N–H and O–H groups in total. The Morgan fingerprint density at radius 2 is 0.655 bits per heavy atom. The number of likely N-dealkylation sites (N-methyl/N-ethyl adjacent to an activating group) is 1. The van der Waals surface area contributed by atoms with E-state index in [-0.39, 0.29) is 32.2 Å². The van der Waals surface area contributed by atoms with Crippen LogP contribution in [0.15, 0.2) is 109 Å². The van der Waals surface area contributed by atoms with Gasteiger partial charge in [-0.15, -0.1) is 0 Å². The van der Waals surface area contributed by atoms with Gasteiger partial charge in [0, 0.05) is 12.8 Å². The second kappa shape index (κ2) is 67.9. The van der Waals surface area contributed by atoms with Crippen molar-refractivity contribution < 1.29 is 42.9 Å². The third-order valence-electron chi connectivity index (χ3n) is 15.5. The quantitative estimate of drug-likeness (QED) is 0.0211. The summed E-state index contributed by atoms with van der Waals surface area (Å²) >= 11 is 0. The van der Waals surface area contributed by atoms with Crippen LogP contribution in [0, 0.1) is 0 Å². The summed E-state index contributed by atoms with van der Waals surface area (Å²) in [6.45, 7) is 4.79. The Balaban J connectivity index is 4.06. The van der Waals surface area contributed by atoms with Crippen molar-refractivity contribution in [2.45, 2.75) is 322 Å². The van der Waals surface area contributed by atoms with Crippen LogP contribution in [0.4, 0.5) is 0 Å². The maximum absolute atomic E-state index is 12.9. The van der Waals surface area contributed by atoms with Gasteiger partial charge >= 0.3 is 17.9 Å². The van der Waals surface area contributed by atoms with Crippen molar-refractivity contribution in [3.63, 3.8) is 0 Å². The molecule has 0 aromatic heterocycles. The van der Waals surface area contributed by atoms with Crippen molar-refractivity contribution in [2.24, 2.45) is 0 Å². The van der Waals surface area contributed by atoms with Crippen molar-refractivity contribution in [1.29, 1.82) is 0 Å². The summed E-state index contributed by atoms with van der Waals surface area (Å²) in [5, 5.41) is 9.75. The van der Waals surface area contributed by atoms with E-state index in [1.54, 1.807) is 0 Å². The first-order chi connectivity index (χ1) is 42.6. The SMILES string of the molecule is CC/C=C\C/C=C\C/C=C\C/C=C\C/C=C\C/C=C\C/C=C\C/C=C\CCCCCCCCCCCCCCCCCCC(=O)OC(COC(=O)CCCCCCCCCCC/C=C\CCCCCCCCCC)COC(OCC[N+](C)(C)C)C(=O)O. The van der Waals surface area contributed by atoms with E-state index in [0.717, 1.165) is 89.9 Å². The summed E-state index contributed by atoms with van der Waals surface area (Å²) in [5.74, 6) is -2.00. The number of carbonyl (C=O) groups is 3. The molecule has 0 amide bonds. The number of aliphatic carboxylic acids is 1. The van der Waals surface area contributed by atoms with Crippen molar-refractivity contribution >= 4 is 17.9 Å². The topological polar surface area (TPSA) is 108 Å². The number of carboxylic acid groups (broad SMARTS) is 1. The second-order valence-corrected chi connectivity index (χ2v) is 25.2. The van der Waals surface area contributed by atoms with Crippen LogP contribution in [0.1, 0.15) is 309 Å². The van der Waals surface area contributed by atoms with E-state index in [1.165, 1.54) is 193 Å². The zero-order valence-corrected chi connectivity index (χ0v) is 57.2. The number of carbonyl (C=O) groups excluding carboxylic acids is 2. The van der Waals surface area contributed by atoms with E-state index in [2.05, 4.69) is 123 Å². The molecule has 0 radical (unpaired) electrons. The van der Waals surface area contributed by atoms with Crippen LogP contribution in [0.5, 0.6) is 0 Å². The summed E-state index contributed by atoms with van der Waals surface area (Å²) in [4.78, 5) is 37.6. The third kappa shape index (κ3) is 69.3. The molecule has 0 rings (SSSR count). The van der Waals surface area contributed by atoms with Crippen molar-refractivity contribution in [3.8, 4) is 0 Å². The highest BCUT2D eigenvalue weighted by Gasteiger charge is 2.25. The van der Waals surface area contributed by atoms with E-state index in [1.807, 2.05) is 21.1 Å². The van der Waals surface area contributed by atoms with E-state index in [0.29, 0.717) is 17.4 Å². The monoisotopic (exact) mass is 1220 g/mol. The van der Waals surface area contributed by atoms with Gasteiger partial charge in [0.2, 0.25) is 0 Å². The molecule has 0 saturated carbocycles. The molecular formula is C78H136NO8+. The molecule has 0 aliphatic carbocycles. The number of nitrogens with zero attached hydrogens (tertiary/aromatic N) is 1. The predicted molar refractivity (Wildman–Crippen MR) is 373 cm³/mol. The largest absolute Gasteiger partial charge is 0.477 e. The smallest absolute Gasteiger partial charge is 0.361 e. The highest BCUT2D eigenvalue weighted by atomic mass is 16.7. The fourth-order valence-electron chi connectivity index (χ4n) is 10.0. The minimum absolute atomic E-state index is 0.184. The molecule has 0 saturated heterocycles. The first-order valence-corrected chi connectivity index (χ1v) is 36.1. The molecule has 0 aromatic carbocycles. The summed E-state index contributed by atoms with van der Waals surface area (Å²) in [5.41, 5.74) is 0. The molecule has 9 heteroatoms. The van der Waals surface area contributed by atoms with Gasteiger partial charge in [0.1, 0.15) is 13.2 Å². The van der Waals surface area contributed by atoms with Gasteiger partial charge in [0.25, 0.3) is 6.29 Å². The number of carboxylic acids is 1. The van der Waals surface area contributed by atoms with Crippen LogP contribution < -0.4 is 0 Å². The van der Waals surface area contributed by atoms with Gasteiger partial charge in [-0.25, -0.2) is 4.79 Å². The van der Waals surface area contributed by atoms with Crippen LogP contribution in [-0.4, -0.2) is 87.4 Å². The fraction of sp³-hybridized carbons (Fsp3) is 0.731. The van der Waals surface area contributed by atoms with E-state index < -0.39 is 24.3 Å². The van der Waals surface area contributed by atoms with Crippen LogP contribution in [-0.2, 0) is 33.3 Å². The number of quaternary nitrogens is 1. The Hall–Kier alpha value is -4.05. The maximum atomic E-state index is 12.9.